The predicted octanol–water partition coefficient (Wildman–Crippen LogP) is 2.81. The Morgan fingerprint density at radius 1 is 1.25 bits per heavy atom. The summed E-state index contributed by atoms with van der Waals surface area (Å²) in [5.74, 6) is 0.864. The van der Waals surface area contributed by atoms with Gasteiger partial charge in [-0.1, -0.05) is 19.1 Å². The van der Waals surface area contributed by atoms with E-state index in [4.69, 9.17) is 0 Å². The minimum Gasteiger partial charge on any atom is -0.378 e. The number of anilines is 1. The van der Waals surface area contributed by atoms with Gasteiger partial charge in [-0.3, -0.25) is 0 Å². The number of nitrogens with zero attached hydrogens (tertiary/aromatic N) is 1. The Bertz CT molecular complexity index is 342. The van der Waals surface area contributed by atoms with E-state index in [0.717, 1.165) is 12.0 Å². The molecule has 1 N–H and O–H groups in total. The Balaban J connectivity index is 1.97. The van der Waals surface area contributed by atoms with E-state index in [9.17, 15) is 0 Å². The molecule has 1 aromatic carbocycles. The van der Waals surface area contributed by atoms with Crippen LogP contribution in [0.3, 0.4) is 0 Å². The number of hydrogen-bond donors (Lipinski definition) is 1. The molecule has 0 aliphatic heterocycles. The summed E-state index contributed by atoms with van der Waals surface area (Å²) in [6.45, 7) is 4.55. The van der Waals surface area contributed by atoms with Gasteiger partial charge in [0.25, 0.3) is 0 Å². The quantitative estimate of drug-likeness (QED) is 0.836. The molecule has 88 valence electrons. The summed E-state index contributed by atoms with van der Waals surface area (Å²) in [5.41, 5.74) is 2.64. The first-order valence-electron chi connectivity index (χ1n) is 6.11. The molecule has 2 heteroatoms. The zero-order valence-corrected chi connectivity index (χ0v) is 10.7. The zero-order chi connectivity index (χ0) is 11.7. The van der Waals surface area contributed by atoms with Crippen molar-refractivity contribution in [2.75, 3.05) is 19.0 Å². The van der Waals surface area contributed by atoms with Gasteiger partial charge in [-0.05, 0) is 37.0 Å². The molecule has 2 nitrogen and oxygen atoms in total. The van der Waals surface area contributed by atoms with Crippen LogP contribution < -0.4 is 10.2 Å². The highest BCUT2D eigenvalue weighted by molar-refractivity contribution is 5.46. The Morgan fingerprint density at radius 3 is 2.25 bits per heavy atom. The van der Waals surface area contributed by atoms with Crippen LogP contribution in [0.5, 0.6) is 0 Å². The molecule has 0 bridgehead atoms. The highest BCUT2D eigenvalue weighted by Gasteiger charge is 2.33. The second-order valence-corrected chi connectivity index (χ2v) is 5.19. The highest BCUT2D eigenvalue weighted by atomic mass is 15.1. The van der Waals surface area contributed by atoms with Crippen LogP contribution in [-0.2, 0) is 0 Å². The molecule has 0 amide bonds. The van der Waals surface area contributed by atoms with Crippen LogP contribution in [0.4, 0.5) is 5.69 Å². The van der Waals surface area contributed by atoms with Crippen LogP contribution in [0.1, 0.15) is 31.9 Å². The second kappa shape index (κ2) is 4.46. The Labute approximate surface area is 98.7 Å². The van der Waals surface area contributed by atoms with E-state index >= 15 is 0 Å². The lowest BCUT2D eigenvalue weighted by atomic mass is 10.1. The van der Waals surface area contributed by atoms with Crippen LogP contribution in [0, 0.1) is 5.92 Å². The number of nitrogens with one attached hydrogen (secondary N) is 1. The summed E-state index contributed by atoms with van der Waals surface area (Å²) in [6, 6.07) is 10.0. The first-order chi connectivity index (χ1) is 7.58. The molecule has 16 heavy (non-hydrogen) atoms. The van der Waals surface area contributed by atoms with Gasteiger partial charge in [-0.25, -0.2) is 0 Å². The molecule has 1 aliphatic rings. The summed E-state index contributed by atoms with van der Waals surface area (Å²) >= 11 is 0. The van der Waals surface area contributed by atoms with Crippen LogP contribution in [0.25, 0.3) is 0 Å². The summed E-state index contributed by atoms with van der Waals surface area (Å²) in [6.07, 6.45) is 1.33. The van der Waals surface area contributed by atoms with Gasteiger partial charge in [0.05, 0.1) is 0 Å². The number of rotatable bonds is 4. The molecular weight excluding hydrogens is 196 g/mol. The van der Waals surface area contributed by atoms with Crippen LogP contribution in [0.15, 0.2) is 24.3 Å². The molecule has 1 aliphatic carbocycles. The second-order valence-electron chi connectivity index (χ2n) is 5.19. The molecule has 3 unspecified atom stereocenters. The summed E-state index contributed by atoms with van der Waals surface area (Å²) < 4.78 is 0. The van der Waals surface area contributed by atoms with E-state index in [1.165, 1.54) is 17.7 Å². The lowest BCUT2D eigenvalue weighted by Crippen LogP contribution is -2.22. The van der Waals surface area contributed by atoms with Crippen LogP contribution in [0.2, 0.25) is 0 Å². The maximum atomic E-state index is 3.65. The fraction of sp³-hybridized carbons (Fsp3) is 0.571. The molecule has 1 saturated carbocycles. The fourth-order valence-electron chi connectivity index (χ4n) is 2.03. The molecule has 0 spiro atoms. The standard InChI is InChI=1S/C14H22N2/c1-10-9-14(10)15-11(2)12-5-7-13(8-6-12)16(3)4/h5-8,10-11,14-15H,9H2,1-4H3. The lowest BCUT2D eigenvalue weighted by molar-refractivity contribution is 0.552. The molecule has 3 atom stereocenters. The molecule has 0 heterocycles. The van der Waals surface area contributed by atoms with Crippen molar-refractivity contribution < 1.29 is 0 Å². The fourth-order valence-corrected chi connectivity index (χ4v) is 2.03. The SMILES string of the molecule is CC(NC1CC1C)c1ccc(N(C)C)cc1. The van der Waals surface area contributed by atoms with Crippen molar-refractivity contribution in [3.05, 3.63) is 29.8 Å². The van der Waals surface area contributed by atoms with Gasteiger partial charge in [0.1, 0.15) is 0 Å². The normalized spacial score (nSPS) is 25.2. The first-order valence-corrected chi connectivity index (χ1v) is 6.11. The third kappa shape index (κ3) is 2.56. The Kier molecular flexibility index (Phi) is 3.20. The van der Waals surface area contributed by atoms with Gasteiger partial charge >= 0.3 is 0 Å². The monoisotopic (exact) mass is 218 g/mol. The average Bonchev–Trinajstić information content (AvgIpc) is 2.94. The molecule has 1 aromatic rings. The Morgan fingerprint density at radius 2 is 1.81 bits per heavy atom. The third-order valence-corrected chi connectivity index (χ3v) is 3.48. The maximum Gasteiger partial charge on any atom is 0.0361 e. The highest BCUT2D eigenvalue weighted by Crippen LogP contribution is 2.31. The Hall–Kier alpha value is -1.02. The summed E-state index contributed by atoms with van der Waals surface area (Å²) in [5, 5.41) is 3.65. The van der Waals surface area contributed by atoms with Gasteiger partial charge in [0.15, 0.2) is 0 Å². The van der Waals surface area contributed by atoms with Crippen molar-refractivity contribution in [1.29, 1.82) is 0 Å². The zero-order valence-electron chi connectivity index (χ0n) is 10.7. The number of hydrogen-bond acceptors (Lipinski definition) is 2. The molecule has 2 rings (SSSR count). The summed E-state index contributed by atoms with van der Waals surface area (Å²) in [7, 11) is 4.14. The van der Waals surface area contributed by atoms with E-state index in [1.54, 1.807) is 0 Å². The molecular formula is C14H22N2. The maximum absolute atomic E-state index is 3.65. The topological polar surface area (TPSA) is 15.3 Å². The van der Waals surface area contributed by atoms with E-state index in [0.29, 0.717) is 6.04 Å². The van der Waals surface area contributed by atoms with Crippen LogP contribution in [-0.4, -0.2) is 20.1 Å². The molecule has 0 saturated heterocycles. The van der Waals surface area contributed by atoms with Crippen molar-refractivity contribution in [1.82, 2.24) is 5.32 Å². The number of benzene rings is 1. The minimum atomic E-state index is 0.464. The molecule has 1 fully saturated rings. The van der Waals surface area contributed by atoms with E-state index in [-0.39, 0.29) is 0 Å². The van der Waals surface area contributed by atoms with Gasteiger partial charge in [-0.2, -0.15) is 0 Å². The predicted molar refractivity (Wildman–Crippen MR) is 69.9 cm³/mol. The molecule has 0 radical (unpaired) electrons. The van der Waals surface area contributed by atoms with Crippen molar-refractivity contribution in [2.24, 2.45) is 5.92 Å². The first kappa shape index (κ1) is 11.5. The van der Waals surface area contributed by atoms with E-state index in [2.05, 4.69) is 62.4 Å². The van der Waals surface area contributed by atoms with Gasteiger partial charge < -0.3 is 10.2 Å². The van der Waals surface area contributed by atoms with Crippen molar-refractivity contribution in [3.63, 3.8) is 0 Å². The van der Waals surface area contributed by atoms with Gasteiger partial charge in [0.2, 0.25) is 0 Å². The van der Waals surface area contributed by atoms with E-state index < -0.39 is 0 Å². The van der Waals surface area contributed by atoms with Gasteiger partial charge in [-0.15, -0.1) is 0 Å². The largest absolute Gasteiger partial charge is 0.378 e. The minimum absolute atomic E-state index is 0.464. The van der Waals surface area contributed by atoms with Crippen molar-refractivity contribution in [2.45, 2.75) is 32.4 Å². The average molecular weight is 218 g/mol. The third-order valence-electron chi connectivity index (χ3n) is 3.48. The molecule has 0 aromatic heterocycles. The van der Waals surface area contributed by atoms with Gasteiger partial charge in [0, 0.05) is 31.9 Å². The van der Waals surface area contributed by atoms with E-state index in [1.807, 2.05) is 0 Å². The lowest BCUT2D eigenvalue weighted by Gasteiger charge is -2.17. The van der Waals surface area contributed by atoms with Crippen molar-refractivity contribution in [3.8, 4) is 0 Å². The van der Waals surface area contributed by atoms with Crippen LogP contribution >= 0.6 is 0 Å². The smallest absolute Gasteiger partial charge is 0.0361 e. The van der Waals surface area contributed by atoms with Crippen molar-refractivity contribution >= 4 is 5.69 Å². The summed E-state index contributed by atoms with van der Waals surface area (Å²) in [4.78, 5) is 2.13.